The van der Waals surface area contributed by atoms with Gasteiger partial charge in [0.15, 0.2) is 0 Å². The summed E-state index contributed by atoms with van der Waals surface area (Å²) in [6, 6.07) is 9.91. The molecule has 2 heterocycles. The summed E-state index contributed by atoms with van der Waals surface area (Å²) in [7, 11) is -3.68. The standard InChI is InChI=1S/C21H27N3O4S2/c1-14(2)20(25)23-17-7-4-6-16(12-17)13-22-21(26)18-8-5-11-24(18)30(27,28)19-10-9-15(3)29-19/h4,6-7,9-10,12,14,18H,5,8,11,13H2,1-3H3,(H,22,26)(H,23,25). The summed E-state index contributed by atoms with van der Waals surface area (Å²) in [5.41, 5.74) is 1.49. The third-order valence-corrected chi connectivity index (χ3v) is 8.35. The first-order valence-corrected chi connectivity index (χ1v) is 12.2. The number of nitrogens with zero attached hydrogens (tertiary/aromatic N) is 1. The fourth-order valence-electron chi connectivity index (χ4n) is 3.31. The van der Waals surface area contributed by atoms with Gasteiger partial charge in [0, 0.05) is 29.6 Å². The number of anilines is 1. The fourth-order valence-corrected chi connectivity index (χ4v) is 6.38. The smallest absolute Gasteiger partial charge is 0.253 e. The van der Waals surface area contributed by atoms with Gasteiger partial charge in [-0.1, -0.05) is 26.0 Å². The summed E-state index contributed by atoms with van der Waals surface area (Å²) in [5.74, 6) is -0.511. The average molecular weight is 450 g/mol. The van der Waals surface area contributed by atoms with Crippen LogP contribution in [0.25, 0.3) is 0 Å². The molecule has 1 aromatic heterocycles. The van der Waals surface area contributed by atoms with Crippen LogP contribution in [0.2, 0.25) is 0 Å². The molecule has 0 aliphatic carbocycles. The summed E-state index contributed by atoms with van der Waals surface area (Å²) in [4.78, 5) is 25.6. The lowest BCUT2D eigenvalue weighted by Crippen LogP contribution is -2.45. The van der Waals surface area contributed by atoms with Crippen LogP contribution in [-0.2, 0) is 26.2 Å². The van der Waals surface area contributed by atoms with Gasteiger partial charge in [0.05, 0.1) is 0 Å². The third-order valence-electron chi connectivity index (χ3n) is 4.97. The van der Waals surface area contributed by atoms with E-state index in [2.05, 4.69) is 10.6 Å². The molecule has 2 N–H and O–H groups in total. The molecule has 9 heteroatoms. The zero-order valence-electron chi connectivity index (χ0n) is 17.3. The Morgan fingerprint density at radius 1 is 1.23 bits per heavy atom. The van der Waals surface area contributed by atoms with Crippen LogP contribution in [0.3, 0.4) is 0 Å². The van der Waals surface area contributed by atoms with Gasteiger partial charge in [-0.25, -0.2) is 8.42 Å². The minimum atomic E-state index is -3.68. The van der Waals surface area contributed by atoms with E-state index in [9.17, 15) is 18.0 Å². The number of hydrogen-bond donors (Lipinski definition) is 2. The fraction of sp³-hybridized carbons (Fsp3) is 0.429. The van der Waals surface area contributed by atoms with E-state index < -0.39 is 16.1 Å². The van der Waals surface area contributed by atoms with Crippen LogP contribution in [0, 0.1) is 12.8 Å². The van der Waals surface area contributed by atoms with Crippen molar-refractivity contribution < 1.29 is 18.0 Å². The van der Waals surface area contributed by atoms with Gasteiger partial charge in [0.25, 0.3) is 10.0 Å². The number of sulfonamides is 1. The van der Waals surface area contributed by atoms with E-state index >= 15 is 0 Å². The van der Waals surface area contributed by atoms with Crippen LogP contribution in [0.15, 0.2) is 40.6 Å². The summed E-state index contributed by atoms with van der Waals surface area (Å²) in [6.45, 7) is 6.09. The Morgan fingerprint density at radius 2 is 2.00 bits per heavy atom. The molecule has 1 aliphatic heterocycles. The normalized spacial score (nSPS) is 17.3. The number of nitrogens with one attached hydrogen (secondary N) is 2. The highest BCUT2D eigenvalue weighted by Gasteiger charge is 2.39. The zero-order chi connectivity index (χ0) is 21.9. The first-order chi connectivity index (χ1) is 14.2. The van der Waals surface area contributed by atoms with Crippen molar-refractivity contribution in [3.63, 3.8) is 0 Å². The average Bonchev–Trinajstić information content (AvgIpc) is 3.36. The van der Waals surface area contributed by atoms with Crippen LogP contribution in [0.5, 0.6) is 0 Å². The zero-order valence-corrected chi connectivity index (χ0v) is 19.0. The van der Waals surface area contributed by atoms with Crippen LogP contribution in [0.1, 0.15) is 37.1 Å². The van der Waals surface area contributed by atoms with E-state index in [0.717, 1.165) is 10.4 Å². The van der Waals surface area contributed by atoms with Crippen molar-refractivity contribution in [2.24, 2.45) is 5.92 Å². The number of rotatable bonds is 7. The van der Waals surface area contributed by atoms with E-state index in [1.54, 1.807) is 24.3 Å². The van der Waals surface area contributed by atoms with E-state index in [-0.39, 0.29) is 28.5 Å². The molecule has 2 aromatic rings. The first-order valence-electron chi connectivity index (χ1n) is 9.94. The Morgan fingerprint density at radius 3 is 2.67 bits per heavy atom. The van der Waals surface area contributed by atoms with Crippen molar-refractivity contribution in [2.75, 3.05) is 11.9 Å². The minimum Gasteiger partial charge on any atom is -0.351 e. The number of carbonyl (C=O) groups is 2. The van der Waals surface area contributed by atoms with E-state index in [1.807, 2.05) is 32.9 Å². The number of amides is 2. The Kier molecular flexibility index (Phi) is 6.95. The van der Waals surface area contributed by atoms with Gasteiger partial charge >= 0.3 is 0 Å². The molecule has 1 atom stereocenters. The van der Waals surface area contributed by atoms with Crippen molar-refractivity contribution >= 4 is 38.9 Å². The van der Waals surface area contributed by atoms with Gasteiger partial charge in [0.2, 0.25) is 11.8 Å². The molecule has 30 heavy (non-hydrogen) atoms. The second kappa shape index (κ2) is 9.28. The van der Waals surface area contributed by atoms with Crippen LogP contribution < -0.4 is 10.6 Å². The van der Waals surface area contributed by atoms with Crippen LogP contribution >= 0.6 is 11.3 Å². The highest BCUT2D eigenvalue weighted by Crippen LogP contribution is 2.30. The van der Waals surface area contributed by atoms with Gasteiger partial charge in [-0.15, -0.1) is 11.3 Å². The molecule has 3 rings (SSSR count). The Balaban J connectivity index is 1.65. The SMILES string of the molecule is Cc1ccc(S(=O)(=O)N2CCCC2C(=O)NCc2cccc(NC(=O)C(C)C)c2)s1. The molecule has 1 aromatic carbocycles. The van der Waals surface area contributed by atoms with Crippen molar-refractivity contribution in [3.8, 4) is 0 Å². The Hall–Kier alpha value is -2.23. The molecule has 2 amide bonds. The highest BCUT2D eigenvalue weighted by molar-refractivity contribution is 7.91. The molecule has 1 unspecified atom stereocenters. The van der Waals surface area contributed by atoms with Gasteiger partial charge in [-0.2, -0.15) is 4.31 Å². The van der Waals surface area contributed by atoms with Crippen molar-refractivity contribution in [1.82, 2.24) is 9.62 Å². The predicted octanol–water partition coefficient (Wildman–Crippen LogP) is 3.12. The highest BCUT2D eigenvalue weighted by atomic mass is 32.2. The molecular formula is C21H27N3O4S2. The van der Waals surface area contributed by atoms with Crippen LogP contribution in [-0.4, -0.2) is 37.1 Å². The predicted molar refractivity (Wildman–Crippen MR) is 118 cm³/mol. The molecular weight excluding hydrogens is 422 g/mol. The number of thiophene rings is 1. The van der Waals surface area contributed by atoms with Crippen molar-refractivity contribution in [2.45, 2.75) is 50.4 Å². The molecule has 162 valence electrons. The van der Waals surface area contributed by atoms with Gasteiger partial charge in [-0.3, -0.25) is 9.59 Å². The van der Waals surface area contributed by atoms with Gasteiger partial charge in [0.1, 0.15) is 10.3 Å². The largest absolute Gasteiger partial charge is 0.351 e. The maximum Gasteiger partial charge on any atom is 0.253 e. The summed E-state index contributed by atoms with van der Waals surface area (Å²) >= 11 is 1.22. The second-order valence-electron chi connectivity index (χ2n) is 7.70. The molecule has 0 bridgehead atoms. The lowest BCUT2D eigenvalue weighted by molar-refractivity contribution is -0.124. The molecule has 1 aliphatic rings. The minimum absolute atomic E-state index is 0.0770. The number of aryl methyl sites for hydroxylation is 1. The van der Waals surface area contributed by atoms with Crippen LogP contribution in [0.4, 0.5) is 5.69 Å². The molecule has 7 nitrogen and oxygen atoms in total. The molecule has 0 radical (unpaired) electrons. The second-order valence-corrected chi connectivity index (χ2v) is 11.1. The summed E-state index contributed by atoms with van der Waals surface area (Å²) < 4.78 is 27.5. The number of carbonyl (C=O) groups excluding carboxylic acids is 2. The van der Waals surface area contributed by atoms with Crippen molar-refractivity contribution in [3.05, 3.63) is 46.8 Å². The van der Waals surface area contributed by atoms with Gasteiger partial charge in [-0.05, 0) is 49.6 Å². The topological polar surface area (TPSA) is 95.6 Å². The molecule has 0 saturated carbocycles. The van der Waals surface area contributed by atoms with E-state index in [4.69, 9.17) is 0 Å². The number of benzene rings is 1. The monoisotopic (exact) mass is 449 g/mol. The molecule has 0 spiro atoms. The maximum atomic E-state index is 13.0. The maximum absolute atomic E-state index is 13.0. The quantitative estimate of drug-likeness (QED) is 0.679. The lowest BCUT2D eigenvalue weighted by Gasteiger charge is -2.22. The summed E-state index contributed by atoms with van der Waals surface area (Å²) in [5, 5.41) is 5.68. The van der Waals surface area contributed by atoms with Gasteiger partial charge < -0.3 is 10.6 Å². The van der Waals surface area contributed by atoms with E-state index in [1.165, 1.54) is 15.6 Å². The summed E-state index contributed by atoms with van der Waals surface area (Å²) in [6.07, 6.45) is 1.15. The Labute approximate surface area is 181 Å². The molecule has 1 fully saturated rings. The first kappa shape index (κ1) is 22.5. The Bertz CT molecular complexity index is 1030. The third kappa shape index (κ3) is 5.08. The number of hydrogen-bond acceptors (Lipinski definition) is 5. The van der Waals surface area contributed by atoms with E-state index in [0.29, 0.717) is 25.1 Å². The lowest BCUT2D eigenvalue weighted by atomic mass is 10.1. The van der Waals surface area contributed by atoms with Crippen molar-refractivity contribution in [1.29, 1.82) is 0 Å². The molecule has 1 saturated heterocycles.